The Morgan fingerprint density at radius 3 is 2.86 bits per heavy atom. The van der Waals surface area contributed by atoms with Gasteiger partial charge in [0.05, 0.1) is 32.6 Å². The highest BCUT2D eigenvalue weighted by molar-refractivity contribution is 5.97. The van der Waals surface area contributed by atoms with Gasteiger partial charge in [-0.3, -0.25) is 4.79 Å². The van der Waals surface area contributed by atoms with Gasteiger partial charge < -0.3 is 24.1 Å². The molecule has 2 aromatic heterocycles. The van der Waals surface area contributed by atoms with E-state index in [-0.39, 0.29) is 18.2 Å². The number of anilines is 1. The van der Waals surface area contributed by atoms with Crippen molar-refractivity contribution in [3.05, 3.63) is 47.5 Å². The van der Waals surface area contributed by atoms with Crippen LogP contribution in [0.3, 0.4) is 0 Å². The van der Waals surface area contributed by atoms with E-state index in [0.29, 0.717) is 30.5 Å². The van der Waals surface area contributed by atoms with E-state index in [2.05, 4.69) is 20.2 Å². The van der Waals surface area contributed by atoms with Gasteiger partial charge in [-0.1, -0.05) is 12.1 Å². The average molecular weight is 382 g/mol. The highest BCUT2D eigenvalue weighted by atomic mass is 16.5. The summed E-state index contributed by atoms with van der Waals surface area (Å²) >= 11 is 0. The molecule has 1 N–H and O–H groups in total. The molecular formula is C20H22N4O4. The van der Waals surface area contributed by atoms with Gasteiger partial charge in [-0.15, -0.1) is 0 Å². The van der Waals surface area contributed by atoms with Gasteiger partial charge in [-0.2, -0.15) is 0 Å². The van der Waals surface area contributed by atoms with Crippen molar-refractivity contribution in [2.45, 2.75) is 13.5 Å². The number of para-hydroxylation sites is 1. The lowest BCUT2D eigenvalue weighted by molar-refractivity contribution is 0.0924. The monoisotopic (exact) mass is 382 g/mol. The van der Waals surface area contributed by atoms with E-state index in [1.54, 1.807) is 19.2 Å². The lowest BCUT2D eigenvalue weighted by Crippen LogP contribution is -2.37. The number of rotatable bonds is 5. The molecule has 3 aromatic rings. The molecule has 1 saturated heterocycles. The van der Waals surface area contributed by atoms with Crippen molar-refractivity contribution >= 4 is 22.8 Å². The zero-order valence-corrected chi connectivity index (χ0v) is 15.9. The van der Waals surface area contributed by atoms with Crippen LogP contribution in [-0.4, -0.2) is 49.3 Å². The third-order valence-electron chi connectivity index (χ3n) is 4.57. The maximum Gasteiger partial charge on any atom is 0.287 e. The predicted molar refractivity (Wildman–Crippen MR) is 104 cm³/mol. The molecule has 0 saturated carbocycles. The maximum absolute atomic E-state index is 12.5. The van der Waals surface area contributed by atoms with Crippen molar-refractivity contribution in [3.8, 4) is 5.75 Å². The zero-order chi connectivity index (χ0) is 19.5. The van der Waals surface area contributed by atoms with Crippen LogP contribution in [-0.2, 0) is 11.3 Å². The topological polar surface area (TPSA) is 89.7 Å². The third-order valence-corrected chi connectivity index (χ3v) is 4.57. The Kier molecular flexibility index (Phi) is 5.12. The normalized spacial score (nSPS) is 14.3. The number of ether oxygens (including phenoxy) is 2. The summed E-state index contributed by atoms with van der Waals surface area (Å²) in [5.74, 6) is 1.19. The van der Waals surface area contributed by atoms with E-state index >= 15 is 0 Å². The molecule has 28 heavy (non-hydrogen) atoms. The number of furan rings is 1. The van der Waals surface area contributed by atoms with E-state index in [1.807, 2.05) is 25.1 Å². The van der Waals surface area contributed by atoms with Crippen molar-refractivity contribution in [2.24, 2.45) is 0 Å². The van der Waals surface area contributed by atoms with Gasteiger partial charge in [-0.05, 0) is 25.1 Å². The molecule has 0 spiro atoms. The number of aryl methyl sites for hydroxylation is 1. The summed E-state index contributed by atoms with van der Waals surface area (Å²) in [7, 11) is 1.57. The van der Waals surface area contributed by atoms with Crippen LogP contribution in [0, 0.1) is 6.92 Å². The van der Waals surface area contributed by atoms with Crippen LogP contribution in [0.1, 0.15) is 21.9 Å². The van der Waals surface area contributed by atoms with E-state index in [9.17, 15) is 4.79 Å². The molecule has 146 valence electrons. The van der Waals surface area contributed by atoms with Gasteiger partial charge in [0.25, 0.3) is 5.91 Å². The molecule has 1 amide bonds. The standard InChI is InChI=1S/C20H22N4O4/c1-13-10-15(23-20(22-13)24-6-8-27-9-7-24)12-21-19(25)17-11-14-4-3-5-16(26-2)18(14)28-17/h3-5,10-11H,6-9,12H2,1-2H3,(H,21,25). The number of benzene rings is 1. The SMILES string of the molecule is COc1cccc2cc(C(=O)NCc3cc(C)nc(N4CCOCC4)n3)oc12. The Bertz CT molecular complexity index is 995. The van der Waals surface area contributed by atoms with Crippen molar-refractivity contribution in [1.29, 1.82) is 0 Å². The first-order valence-electron chi connectivity index (χ1n) is 9.16. The molecule has 0 radical (unpaired) electrons. The number of aromatic nitrogens is 2. The number of amides is 1. The Morgan fingerprint density at radius 2 is 2.07 bits per heavy atom. The first kappa shape index (κ1) is 18.2. The fourth-order valence-electron chi connectivity index (χ4n) is 3.18. The molecule has 0 bridgehead atoms. The fourth-order valence-corrected chi connectivity index (χ4v) is 3.18. The summed E-state index contributed by atoms with van der Waals surface area (Å²) in [4.78, 5) is 23.7. The first-order valence-corrected chi connectivity index (χ1v) is 9.16. The van der Waals surface area contributed by atoms with Crippen molar-refractivity contribution in [1.82, 2.24) is 15.3 Å². The number of hydrogen-bond donors (Lipinski definition) is 1. The number of hydrogen-bond acceptors (Lipinski definition) is 7. The number of carbonyl (C=O) groups excluding carboxylic acids is 1. The summed E-state index contributed by atoms with van der Waals surface area (Å²) < 4.78 is 16.3. The molecule has 0 aliphatic carbocycles. The van der Waals surface area contributed by atoms with E-state index in [1.165, 1.54) is 0 Å². The minimum Gasteiger partial charge on any atom is -0.493 e. The predicted octanol–water partition coefficient (Wildman–Crippen LogP) is 2.31. The van der Waals surface area contributed by atoms with Crippen LogP contribution in [0.25, 0.3) is 11.0 Å². The summed E-state index contributed by atoms with van der Waals surface area (Å²) in [6.07, 6.45) is 0. The summed E-state index contributed by atoms with van der Waals surface area (Å²) in [5, 5.41) is 3.68. The molecule has 8 heteroatoms. The first-order chi connectivity index (χ1) is 13.6. The van der Waals surface area contributed by atoms with Crippen LogP contribution in [0.4, 0.5) is 5.95 Å². The van der Waals surface area contributed by atoms with Gasteiger partial charge in [0.1, 0.15) is 0 Å². The van der Waals surface area contributed by atoms with Crippen LogP contribution < -0.4 is 15.0 Å². The summed E-state index contributed by atoms with van der Waals surface area (Å²) in [5.41, 5.74) is 2.16. The highest BCUT2D eigenvalue weighted by Crippen LogP contribution is 2.28. The quantitative estimate of drug-likeness (QED) is 0.724. The highest BCUT2D eigenvalue weighted by Gasteiger charge is 2.17. The Morgan fingerprint density at radius 1 is 1.25 bits per heavy atom. The number of fused-ring (bicyclic) bond motifs is 1. The molecule has 1 aliphatic heterocycles. The lowest BCUT2D eigenvalue weighted by atomic mass is 10.2. The Labute approximate surface area is 162 Å². The smallest absolute Gasteiger partial charge is 0.287 e. The molecule has 0 atom stereocenters. The van der Waals surface area contributed by atoms with Gasteiger partial charge >= 0.3 is 0 Å². The van der Waals surface area contributed by atoms with Crippen molar-refractivity contribution < 1.29 is 18.7 Å². The minimum absolute atomic E-state index is 0.235. The Hall–Kier alpha value is -3.13. The van der Waals surface area contributed by atoms with Crippen LogP contribution in [0.15, 0.2) is 34.7 Å². The number of nitrogens with one attached hydrogen (secondary N) is 1. The van der Waals surface area contributed by atoms with Gasteiger partial charge in [0.2, 0.25) is 5.95 Å². The van der Waals surface area contributed by atoms with Crippen LogP contribution >= 0.6 is 0 Å². The second-order valence-corrected chi connectivity index (χ2v) is 6.57. The molecule has 1 fully saturated rings. The minimum atomic E-state index is -0.303. The molecule has 0 unspecified atom stereocenters. The van der Waals surface area contributed by atoms with Crippen molar-refractivity contribution in [3.63, 3.8) is 0 Å². The molecule has 4 rings (SSSR count). The summed E-state index contributed by atoms with van der Waals surface area (Å²) in [6, 6.07) is 9.10. The van der Waals surface area contributed by atoms with Gasteiger partial charge in [0.15, 0.2) is 17.1 Å². The van der Waals surface area contributed by atoms with Gasteiger partial charge in [-0.25, -0.2) is 9.97 Å². The second-order valence-electron chi connectivity index (χ2n) is 6.57. The molecule has 3 heterocycles. The largest absolute Gasteiger partial charge is 0.493 e. The zero-order valence-electron chi connectivity index (χ0n) is 15.9. The molecular weight excluding hydrogens is 360 g/mol. The third kappa shape index (κ3) is 3.77. The number of carbonyl (C=O) groups is 1. The van der Waals surface area contributed by atoms with Crippen LogP contribution in [0.2, 0.25) is 0 Å². The molecule has 1 aromatic carbocycles. The van der Waals surface area contributed by atoms with Crippen LogP contribution in [0.5, 0.6) is 5.75 Å². The molecule has 1 aliphatic rings. The van der Waals surface area contributed by atoms with Crippen molar-refractivity contribution in [2.75, 3.05) is 38.3 Å². The second kappa shape index (κ2) is 7.85. The van der Waals surface area contributed by atoms with Gasteiger partial charge in [0, 0.05) is 24.2 Å². The Balaban J connectivity index is 1.48. The van der Waals surface area contributed by atoms with E-state index < -0.39 is 0 Å². The number of morpholine rings is 1. The number of methoxy groups -OCH3 is 1. The lowest BCUT2D eigenvalue weighted by Gasteiger charge is -2.27. The maximum atomic E-state index is 12.5. The fraction of sp³-hybridized carbons (Fsp3) is 0.350. The summed E-state index contributed by atoms with van der Waals surface area (Å²) in [6.45, 7) is 5.06. The van der Waals surface area contributed by atoms with E-state index in [4.69, 9.17) is 13.9 Å². The number of nitrogens with zero attached hydrogens (tertiary/aromatic N) is 3. The average Bonchev–Trinajstić information content (AvgIpc) is 3.17. The van der Waals surface area contributed by atoms with E-state index in [0.717, 1.165) is 29.9 Å². The molecule has 8 nitrogen and oxygen atoms in total.